The Hall–Kier alpha value is -2.04. The van der Waals surface area contributed by atoms with Gasteiger partial charge < -0.3 is 10.2 Å². The normalized spacial score (nSPS) is 10.4. The first kappa shape index (κ1) is 19.3. The summed E-state index contributed by atoms with van der Waals surface area (Å²) in [6, 6.07) is 14.6. The van der Waals surface area contributed by atoms with Crippen molar-refractivity contribution >= 4 is 40.7 Å². The smallest absolute Gasteiger partial charge is 0.223 e. The van der Waals surface area contributed by atoms with Crippen LogP contribution >= 0.6 is 23.2 Å². The fourth-order valence-electron chi connectivity index (χ4n) is 2.41. The van der Waals surface area contributed by atoms with Crippen LogP contribution in [-0.4, -0.2) is 24.9 Å². The van der Waals surface area contributed by atoms with Crippen molar-refractivity contribution in [3.8, 4) is 0 Å². The molecule has 0 spiro atoms. The summed E-state index contributed by atoms with van der Waals surface area (Å²) in [6.45, 7) is 2.32. The maximum Gasteiger partial charge on any atom is 0.223 e. The summed E-state index contributed by atoms with van der Waals surface area (Å²) in [6.07, 6.45) is 0.959. The number of carbonyl (C=O) groups is 2. The molecule has 0 atom stereocenters. The van der Waals surface area contributed by atoms with Crippen molar-refractivity contribution in [1.82, 2.24) is 5.32 Å². The minimum absolute atomic E-state index is 0.0951. The maximum atomic E-state index is 12.0. The third-order valence-electron chi connectivity index (χ3n) is 3.71. The molecule has 6 heteroatoms. The highest BCUT2D eigenvalue weighted by atomic mass is 35.5. The number of hydrogen-bond acceptors (Lipinski definition) is 2. The molecule has 2 aromatic rings. The second-order valence-corrected chi connectivity index (χ2v) is 6.50. The number of nitrogens with zero attached hydrogens (tertiary/aromatic N) is 1. The Bertz CT molecular complexity index is 732. The van der Waals surface area contributed by atoms with Gasteiger partial charge in [0.15, 0.2) is 0 Å². The Morgan fingerprint density at radius 3 is 2.40 bits per heavy atom. The summed E-state index contributed by atoms with van der Waals surface area (Å²) in [5, 5.41) is 4.11. The van der Waals surface area contributed by atoms with Crippen molar-refractivity contribution in [2.24, 2.45) is 0 Å². The Balaban J connectivity index is 1.81. The Morgan fingerprint density at radius 2 is 1.76 bits per heavy atom. The molecule has 4 nitrogen and oxygen atoms in total. The predicted molar refractivity (Wildman–Crippen MR) is 102 cm³/mol. The van der Waals surface area contributed by atoms with E-state index >= 15 is 0 Å². The second kappa shape index (κ2) is 9.44. The van der Waals surface area contributed by atoms with Crippen molar-refractivity contribution in [2.45, 2.75) is 19.8 Å². The molecule has 1 N–H and O–H groups in total. The van der Waals surface area contributed by atoms with Crippen molar-refractivity contribution < 1.29 is 9.59 Å². The molecule has 0 radical (unpaired) electrons. The van der Waals surface area contributed by atoms with Crippen LogP contribution in [0, 0.1) is 0 Å². The van der Waals surface area contributed by atoms with E-state index in [1.165, 1.54) is 6.92 Å². The number of benzene rings is 2. The van der Waals surface area contributed by atoms with Gasteiger partial charge in [0.1, 0.15) is 0 Å². The quantitative estimate of drug-likeness (QED) is 0.788. The molecule has 25 heavy (non-hydrogen) atoms. The van der Waals surface area contributed by atoms with Crippen LogP contribution in [0.5, 0.6) is 0 Å². The number of amides is 2. The summed E-state index contributed by atoms with van der Waals surface area (Å²) in [7, 11) is 0. The van der Waals surface area contributed by atoms with Crippen LogP contribution in [0.1, 0.15) is 18.9 Å². The highest BCUT2D eigenvalue weighted by Crippen LogP contribution is 2.19. The van der Waals surface area contributed by atoms with E-state index in [1.54, 1.807) is 29.2 Å². The van der Waals surface area contributed by atoms with Gasteiger partial charge in [-0.15, -0.1) is 0 Å². The van der Waals surface area contributed by atoms with Crippen molar-refractivity contribution in [2.75, 3.05) is 18.0 Å². The summed E-state index contributed by atoms with van der Waals surface area (Å²) in [4.78, 5) is 25.4. The molecule has 0 saturated carbocycles. The van der Waals surface area contributed by atoms with E-state index in [2.05, 4.69) is 5.32 Å². The van der Waals surface area contributed by atoms with Gasteiger partial charge in [-0.25, -0.2) is 0 Å². The number of nitrogens with one attached hydrogen (secondary N) is 1. The molecule has 0 fully saturated rings. The fraction of sp³-hybridized carbons (Fsp3) is 0.263. The predicted octanol–water partition coefficient (Wildman–Crippen LogP) is 4.10. The molecule has 0 aliphatic heterocycles. The molecule has 2 rings (SSSR count). The minimum Gasteiger partial charge on any atom is -0.356 e. The Labute approximate surface area is 157 Å². The van der Waals surface area contributed by atoms with Gasteiger partial charge in [-0.1, -0.05) is 41.4 Å². The highest BCUT2D eigenvalue weighted by molar-refractivity contribution is 6.31. The first-order valence-electron chi connectivity index (χ1n) is 8.00. The van der Waals surface area contributed by atoms with Gasteiger partial charge in [0.2, 0.25) is 11.8 Å². The number of hydrogen-bond donors (Lipinski definition) is 1. The molecule has 0 aromatic heterocycles. The highest BCUT2D eigenvalue weighted by Gasteiger charge is 2.13. The summed E-state index contributed by atoms with van der Waals surface area (Å²) in [5.41, 5.74) is 1.79. The van der Waals surface area contributed by atoms with Gasteiger partial charge in [-0.05, 0) is 42.3 Å². The Morgan fingerprint density at radius 1 is 1.04 bits per heavy atom. The molecule has 0 unspecified atom stereocenters. The van der Waals surface area contributed by atoms with Crippen LogP contribution in [0.25, 0.3) is 0 Å². The van der Waals surface area contributed by atoms with Crippen LogP contribution in [0.2, 0.25) is 10.0 Å². The number of anilines is 1. The minimum atomic E-state index is -0.128. The first-order chi connectivity index (χ1) is 12.0. The molecule has 0 saturated heterocycles. The number of halogens is 2. The van der Waals surface area contributed by atoms with E-state index < -0.39 is 0 Å². The molecular weight excluding hydrogens is 359 g/mol. The van der Waals surface area contributed by atoms with Crippen LogP contribution in [0.4, 0.5) is 5.69 Å². The zero-order valence-electron chi connectivity index (χ0n) is 14.0. The molecule has 0 bridgehead atoms. The summed E-state index contributed by atoms with van der Waals surface area (Å²) in [5.74, 6) is -0.224. The number of carbonyl (C=O) groups excluding carboxylic acids is 2. The van der Waals surface area contributed by atoms with Crippen molar-refractivity contribution in [3.63, 3.8) is 0 Å². The van der Waals surface area contributed by atoms with Crippen LogP contribution < -0.4 is 10.2 Å². The zero-order chi connectivity index (χ0) is 18.2. The van der Waals surface area contributed by atoms with Crippen molar-refractivity contribution in [1.29, 1.82) is 0 Å². The summed E-state index contributed by atoms with van der Waals surface area (Å²) < 4.78 is 0. The standard InChI is InChI=1S/C19H20Cl2N2O2/c1-14(24)23(18-4-2-3-17(21)13-18)12-10-19(25)22-11-9-15-5-7-16(20)8-6-15/h2-8,13H,9-12H2,1H3,(H,22,25). The lowest BCUT2D eigenvalue weighted by Crippen LogP contribution is -2.34. The van der Waals surface area contributed by atoms with Crippen LogP contribution in [0.3, 0.4) is 0 Å². The van der Waals surface area contributed by atoms with Crippen molar-refractivity contribution in [3.05, 3.63) is 64.1 Å². The summed E-state index contributed by atoms with van der Waals surface area (Å²) >= 11 is 11.8. The van der Waals surface area contributed by atoms with Gasteiger partial charge >= 0.3 is 0 Å². The Kier molecular flexibility index (Phi) is 7.29. The lowest BCUT2D eigenvalue weighted by molar-refractivity contribution is -0.121. The van der Waals surface area contributed by atoms with Gasteiger partial charge in [0, 0.05) is 42.2 Å². The van der Waals surface area contributed by atoms with Gasteiger partial charge in [-0.2, -0.15) is 0 Å². The monoisotopic (exact) mass is 378 g/mol. The zero-order valence-corrected chi connectivity index (χ0v) is 15.5. The maximum absolute atomic E-state index is 12.0. The average Bonchev–Trinajstić information content (AvgIpc) is 2.56. The molecule has 0 aliphatic carbocycles. The van der Waals surface area contributed by atoms with Crippen LogP contribution in [-0.2, 0) is 16.0 Å². The van der Waals surface area contributed by atoms with E-state index in [1.807, 2.05) is 24.3 Å². The first-order valence-corrected chi connectivity index (χ1v) is 8.76. The van der Waals surface area contributed by atoms with E-state index in [-0.39, 0.29) is 18.2 Å². The van der Waals surface area contributed by atoms with E-state index in [9.17, 15) is 9.59 Å². The van der Waals surface area contributed by atoms with Gasteiger partial charge in [-0.3, -0.25) is 9.59 Å². The number of rotatable bonds is 7. The van der Waals surface area contributed by atoms with Gasteiger partial charge in [0.05, 0.1) is 0 Å². The van der Waals surface area contributed by atoms with Crippen LogP contribution in [0.15, 0.2) is 48.5 Å². The SMILES string of the molecule is CC(=O)N(CCC(=O)NCCc1ccc(Cl)cc1)c1cccc(Cl)c1. The molecule has 132 valence electrons. The average molecular weight is 379 g/mol. The molecular formula is C19H20Cl2N2O2. The topological polar surface area (TPSA) is 49.4 Å². The third-order valence-corrected chi connectivity index (χ3v) is 4.20. The molecule has 2 amide bonds. The molecule has 0 aliphatic rings. The van der Waals surface area contributed by atoms with E-state index in [4.69, 9.17) is 23.2 Å². The molecule has 2 aromatic carbocycles. The van der Waals surface area contributed by atoms with E-state index in [0.29, 0.717) is 28.8 Å². The van der Waals surface area contributed by atoms with E-state index in [0.717, 1.165) is 12.0 Å². The lowest BCUT2D eigenvalue weighted by Gasteiger charge is -2.21. The second-order valence-electron chi connectivity index (χ2n) is 5.63. The third kappa shape index (κ3) is 6.40. The largest absolute Gasteiger partial charge is 0.356 e. The van der Waals surface area contributed by atoms with Gasteiger partial charge in [0.25, 0.3) is 0 Å². The lowest BCUT2D eigenvalue weighted by atomic mass is 10.1. The fourth-order valence-corrected chi connectivity index (χ4v) is 2.72. The molecule has 0 heterocycles.